The van der Waals surface area contributed by atoms with E-state index in [0.717, 1.165) is 5.88 Å². The van der Waals surface area contributed by atoms with Gasteiger partial charge < -0.3 is 4.74 Å². The van der Waals surface area contributed by atoms with E-state index < -0.39 is 0 Å². The molecule has 0 fully saturated rings. The highest BCUT2D eigenvalue weighted by atomic mass is 16.5. The summed E-state index contributed by atoms with van der Waals surface area (Å²) in [6.07, 6.45) is 1.84. The Morgan fingerprint density at radius 3 is 3.00 bits per heavy atom. The van der Waals surface area contributed by atoms with E-state index in [2.05, 4.69) is 11.0 Å². The predicted octanol–water partition coefficient (Wildman–Crippen LogP) is -0.224. The number of hydrogen-bond donors (Lipinski definition) is 2. The molecule has 0 bridgehead atoms. The van der Waals surface area contributed by atoms with E-state index in [4.69, 9.17) is 4.74 Å². The topological polar surface area (TPSA) is 36.5 Å². The van der Waals surface area contributed by atoms with Crippen LogP contribution in [0.15, 0.2) is 12.1 Å². The van der Waals surface area contributed by atoms with Gasteiger partial charge in [-0.1, -0.05) is 0 Å². The van der Waals surface area contributed by atoms with Crippen molar-refractivity contribution in [2.24, 2.45) is 0 Å². The van der Waals surface area contributed by atoms with Gasteiger partial charge >= 0.3 is 0 Å². The standard InChI is InChI=1S/C5H11N3O/c1-3-9-5-4-8(2)7-6-5/h4,6-7H,3H2,1-2H3. The predicted molar refractivity (Wildman–Crippen MR) is 33.7 cm³/mol. The Labute approximate surface area is 54.4 Å². The largest absolute Gasteiger partial charge is 0.478 e. The molecule has 4 heteroatoms. The molecule has 9 heavy (non-hydrogen) atoms. The van der Waals surface area contributed by atoms with Gasteiger partial charge in [0, 0.05) is 7.05 Å². The molecule has 0 radical (unpaired) electrons. The second kappa shape index (κ2) is 2.59. The Morgan fingerprint density at radius 2 is 2.56 bits per heavy atom. The lowest BCUT2D eigenvalue weighted by Crippen LogP contribution is -2.33. The van der Waals surface area contributed by atoms with Crippen LogP contribution in [0.2, 0.25) is 0 Å². The molecule has 0 spiro atoms. The molecule has 52 valence electrons. The van der Waals surface area contributed by atoms with E-state index in [9.17, 15) is 0 Å². The highest BCUT2D eigenvalue weighted by molar-refractivity contribution is 4.91. The third kappa shape index (κ3) is 1.50. The normalized spacial score (nSPS) is 17.1. The van der Waals surface area contributed by atoms with Crippen LogP contribution >= 0.6 is 0 Å². The van der Waals surface area contributed by atoms with Gasteiger partial charge in [-0.25, -0.2) is 0 Å². The molecule has 0 aliphatic carbocycles. The second-order valence-corrected chi connectivity index (χ2v) is 1.77. The Bertz CT molecular complexity index is 123. The van der Waals surface area contributed by atoms with Crippen LogP contribution in [0.3, 0.4) is 0 Å². The molecular formula is C5H11N3O. The molecule has 0 atom stereocenters. The minimum atomic E-state index is 0.689. The maximum atomic E-state index is 5.12. The van der Waals surface area contributed by atoms with Gasteiger partial charge in [0.25, 0.3) is 0 Å². The van der Waals surface area contributed by atoms with Crippen molar-refractivity contribution in [2.45, 2.75) is 6.92 Å². The summed E-state index contributed by atoms with van der Waals surface area (Å²) in [5, 5.41) is 1.78. The molecule has 0 aromatic heterocycles. The van der Waals surface area contributed by atoms with E-state index in [1.165, 1.54) is 0 Å². The number of hydrazine groups is 2. The van der Waals surface area contributed by atoms with Crippen molar-refractivity contribution < 1.29 is 4.74 Å². The van der Waals surface area contributed by atoms with Crippen molar-refractivity contribution in [3.8, 4) is 0 Å². The summed E-state index contributed by atoms with van der Waals surface area (Å²) >= 11 is 0. The Hall–Kier alpha value is -0.900. The van der Waals surface area contributed by atoms with Crippen LogP contribution in [0.1, 0.15) is 6.92 Å². The van der Waals surface area contributed by atoms with Crippen LogP contribution in [0.5, 0.6) is 0 Å². The van der Waals surface area contributed by atoms with Crippen molar-refractivity contribution in [1.29, 1.82) is 0 Å². The Kier molecular flexibility index (Phi) is 1.79. The lowest BCUT2D eigenvalue weighted by atomic mass is 10.8. The fourth-order valence-corrected chi connectivity index (χ4v) is 0.613. The van der Waals surface area contributed by atoms with Crippen LogP contribution in [-0.4, -0.2) is 18.7 Å². The lowest BCUT2D eigenvalue weighted by Gasteiger charge is -2.04. The molecule has 0 saturated carbocycles. The summed E-state index contributed by atoms with van der Waals surface area (Å²) < 4.78 is 5.12. The van der Waals surface area contributed by atoms with Crippen LogP contribution in [0, 0.1) is 0 Å². The van der Waals surface area contributed by atoms with Gasteiger partial charge in [0.05, 0.1) is 12.8 Å². The summed E-state index contributed by atoms with van der Waals surface area (Å²) in [6, 6.07) is 0. The van der Waals surface area contributed by atoms with Gasteiger partial charge in [-0.2, -0.15) is 0 Å². The number of rotatable bonds is 2. The van der Waals surface area contributed by atoms with Crippen molar-refractivity contribution in [3.05, 3.63) is 12.1 Å². The lowest BCUT2D eigenvalue weighted by molar-refractivity contribution is 0.200. The molecule has 1 heterocycles. The molecule has 4 nitrogen and oxygen atoms in total. The molecule has 0 aromatic carbocycles. The molecule has 2 N–H and O–H groups in total. The fourth-order valence-electron chi connectivity index (χ4n) is 0.613. The van der Waals surface area contributed by atoms with Crippen molar-refractivity contribution in [3.63, 3.8) is 0 Å². The molecule has 0 aromatic rings. The SMILES string of the molecule is CCOC1=CN(C)NN1. The summed E-state index contributed by atoms with van der Waals surface area (Å²) in [5.74, 6) is 0.764. The number of nitrogens with zero attached hydrogens (tertiary/aromatic N) is 1. The fraction of sp³-hybridized carbons (Fsp3) is 0.600. The first kappa shape index (κ1) is 6.22. The molecule has 1 rings (SSSR count). The summed E-state index contributed by atoms with van der Waals surface area (Å²) in [4.78, 5) is 0. The van der Waals surface area contributed by atoms with E-state index >= 15 is 0 Å². The van der Waals surface area contributed by atoms with Gasteiger partial charge in [-0.15, -0.1) is 5.53 Å². The van der Waals surface area contributed by atoms with Crippen LogP contribution < -0.4 is 11.0 Å². The quantitative estimate of drug-likeness (QED) is 0.540. The van der Waals surface area contributed by atoms with Gasteiger partial charge in [0.1, 0.15) is 0 Å². The average molecular weight is 129 g/mol. The smallest absolute Gasteiger partial charge is 0.220 e. The molecule has 1 aliphatic rings. The van der Waals surface area contributed by atoms with Gasteiger partial charge in [0.2, 0.25) is 5.88 Å². The number of ether oxygens (including phenoxy) is 1. The van der Waals surface area contributed by atoms with E-state index in [0.29, 0.717) is 6.61 Å². The second-order valence-electron chi connectivity index (χ2n) is 1.77. The zero-order valence-corrected chi connectivity index (χ0v) is 5.64. The number of hydrogen-bond acceptors (Lipinski definition) is 4. The number of nitrogens with one attached hydrogen (secondary N) is 2. The summed E-state index contributed by atoms with van der Waals surface area (Å²) in [6.45, 7) is 2.63. The first-order valence-electron chi connectivity index (χ1n) is 2.92. The minimum Gasteiger partial charge on any atom is -0.478 e. The summed E-state index contributed by atoms with van der Waals surface area (Å²) in [5.41, 5.74) is 5.64. The average Bonchev–Trinajstić information content (AvgIpc) is 2.17. The molecule has 1 aliphatic heterocycles. The molecule has 0 saturated heterocycles. The van der Waals surface area contributed by atoms with Crippen molar-refractivity contribution >= 4 is 0 Å². The maximum Gasteiger partial charge on any atom is 0.220 e. The monoisotopic (exact) mass is 129 g/mol. The highest BCUT2D eigenvalue weighted by Gasteiger charge is 2.05. The van der Waals surface area contributed by atoms with Gasteiger partial charge in [-0.3, -0.25) is 10.4 Å². The Morgan fingerprint density at radius 1 is 1.78 bits per heavy atom. The van der Waals surface area contributed by atoms with Crippen LogP contribution in [0.25, 0.3) is 0 Å². The van der Waals surface area contributed by atoms with Gasteiger partial charge in [0.15, 0.2) is 0 Å². The van der Waals surface area contributed by atoms with E-state index in [1.54, 1.807) is 5.01 Å². The van der Waals surface area contributed by atoms with Gasteiger partial charge in [-0.05, 0) is 6.92 Å². The Balaban J connectivity index is 2.33. The third-order valence-electron chi connectivity index (χ3n) is 0.966. The highest BCUT2D eigenvalue weighted by Crippen LogP contribution is 1.96. The minimum absolute atomic E-state index is 0.689. The van der Waals surface area contributed by atoms with E-state index in [1.807, 2.05) is 20.2 Å². The molecule has 0 amide bonds. The van der Waals surface area contributed by atoms with Crippen LogP contribution in [0.4, 0.5) is 0 Å². The zero-order valence-electron chi connectivity index (χ0n) is 5.64. The zero-order chi connectivity index (χ0) is 6.69. The molecular weight excluding hydrogens is 118 g/mol. The maximum absolute atomic E-state index is 5.12. The van der Waals surface area contributed by atoms with Crippen molar-refractivity contribution in [2.75, 3.05) is 13.7 Å². The third-order valence-corrected chi connectivity index (χ3v) is 0.966. The first-order valence-corrected chi connectivity index (χ1v) is 2.92. The first-order chi connectivity index (χ1) is 4.33. The van der Waals surface area contributed by atoms with Crippen molar-refractivity contribution in [1.82, 2.24) is 16.0 Å². The molecule has 0 unspecified atom stereocenters. The summed E-state index contributed by atoms with van der Waals surface area (Å²) in [7, 11) is 1.89. The van der Waals surface area contributed by atoms with E-state index in [-0.39, 0.29) is 0 Å². The van der Waals surface area contributed by atoms with Crippen LogP contribution in [-0.2, 0) is 4.74 Å².